The number of fused-ring (bicyclic) bond motifs is 2. The van der Waals surface area contributed by atoms with Gasteiger partial charge < -0.3 is 15.5 Å². The van der Waals surface area contributed by atoms with Crippen LogP contribution < -0.4 is 15.5 Å². The second-order valence-electron chi connectivity index (χ2n) is 9.53. The van der Waals surface area contributed by atoms with Crippen LogP contribution in [0.4, 0.5) is 14.5 Å². The van der Waals surface area contributed by atoms with Crippen molar-refractivity contribution >= 4 is 29.1 Å². The molecule has 2 atom stereocenters. The molecule has 2 N–H and O–H groups in total. The van der Waals surface area contributed by atoms with Gasteiger partial charge in [0.1, 0.15) is 0 Å². The van der Waals surface area contributed by atoms with Crippen molar-refractivity contribution in [3.63, 3.8) is 0 Å². The van der Waals surface area contributed by atoms with E-state index in [1.165, 1.54) is 11.0 Å². The molecule has 7 nitrogen and oxygen atoms in total. The molecular weight excluding hydrogens is 490 g/mol. The van der Waals surface area contributed by atoms with Crippen LogP contribution in [0, 0.1) is 17.6 Å². The van der Waals surface area contributed by atoms with Gasteiger partial charge in [-0.05, 0) is 54.3 Å². The van der Waals surface area contributed by atoms with E-state index in [9.17, 15) is 23.2 Å². The summed E-state index contributed by atoms with van der Waals surface area (Å²) in [7, 11) is 1.63. The fraction of sp³-hybridized carbons (Fsp3) is 0.241. The van der Waals surface area contributed by atoms with E-state index in [4.69, 9.17) is 4.99 Å². The molecule has 38 heavy (non-hydrogen) atoms. The number of para-hydroxylation sites is 1. The topological polar surface area (TPSA) is 90.9 Å². The van der Waals surface area contributed by atoms with Crippen LogP contribution >= 0.6 is 0 Å². The highest BCUT2D eigenvalue weighted by atomic mass is 19.2. The van der Waals surface area contributed by atoms with Crippen molar-refractivity contribution in [1.29, 1.82) is 0 Å². The minimum atomic E-state index is -1.21. The number of hydrogen-bond acceptors (Lipinski definition) is 4. The molecule has 0 aromatic heterocycles. The summed E-state index contributed by atoms with van der Waals surface area (Å²) in [5.74, 6) is -3.57. The van der Waals surface area contributed by atoms with Gasteiger partial charge in [0.25, 0.3) is 11.8 Å². The normalized spacial score (nSPS) is 17.5. The molecule has 0 saturated carbocycles. The number of likely N-dealkylation sites (N-methyl/N-ethyl adjacent to an activating group) is 1. The Bertz CT molecular complexity index is 1490. The molecule has 2 aliphatic heterocycles. The average molecular weight is 517 g/mol. The van der Waals surface area contributed by atoms with Crippen molar-refractivity contribution in [2.24, 2.45) is 10.9 Å². The van der Waals surface area contributed by atoms with Gasteiger partial charge in [0.15, 0.2) is 11.6 Å². The summed E-state index contributed by atoms with van der Waals surface area (Å²) in [6.07, 6.45) is -0.380. The Kier molecular flexibility index (Phi) is 6.75. The number of carbonyl (C=O) groups is 3. The molecule has 5 rings (SSSR count). The maximum absolute atomic E-state index is 13.6. The van der Waals surface area contributed by atoms with Crippen LogP contribution in [-0.4, -0.2) is 43.2 Å². The highest BCUT2D eigenvalue weighted by Gasteiger charge is 2.32. The van der Waals surface area contributed by atoms with E-state index in [1.54, 1.807) is 26.1 Å². The van der Waals surface area contributed by atoms with Gasteiger partial charge in [-0.2, -0.15) is 0 Å². The molecule has 0 radical (unpaired) electrons. The number of benzene rings is 3. The molecule has 0 fully saturated rings. The van der Waals surface area contributed by atoms with Gasteiger partial charge >= 0.3 is 0 Å². The van der Waals surface area contributed by atoms with E-state index in [2.05, 4.69) is 10.6 Å². The quantitative estimate of drug-likeness (QED) is 0.545. The maximum Gasteiger partial charge on any atom is 0.272 e. The van der Waals surface area contributed by atoms with E-state index in [-0.39, 0.29) is 12.3 Å². The minimum Gasteiger partial charge on any atom is -0.352 e. The van der Waals surface area contributed by atoms with Crippen molar-refractivity contribution in [3.8, 4) is 0 Å². The molecule has 0 saturated heterocycles. The van der Waals surface area contributed by atoms with Crippen LogP contribution in [0.15, 0.2) is 65.7 Å². The number of nitrogens with one attached hydrogen (secondary N) is 2. The third-order valence-electron chi connectivity index (χ3n) is 6.90. The van der Waals surface area contributed by atoms with Crippen LogP contribution in [0.2, 0.25) is 0 Å². The first-order chi connectivity index (χ1) is 18.2. The van der Waals surface area contributed by atoms with Crippen molar-refractivity contribution < 1.29 is 23.2 Å². The van der Waals surface area contributed by atoms with E-state index >= 15 is 0 Å². The smallest absolute Gasteiger partial charge is 0.272 e. The lowest BCUT2D eigenvalue weighted by atomic mass is 9.93. The number of nitrogens with zero attached hydrogens (tertiary/aromatic N) is 2. The van der Waals surface area contributed by atoms with E-state index in [1.807, 2.05) is 30.3 Å². The largest absolute Gasteiger partial charge is 0.352 e. The molecule has 0 spiro atoms. The Hall–Kier alpha value is -4.40. The van der Waals surface area contributed by atoms with E-state index in [0.717, 1.165) is 28.8 Å². The van der Waals surface area contributed by atoms with Gasteiger partial charge in [-0.25, -0.2) is 13.8 Å². The zero-order valence-corrected chi connectivity index (χ0v) is 20.9. The lowest BCUT2D eigenvalue weighted by molar-refractivity contribution is -0.129. The highest BCUT2D eigenvalue weighted by Crippen LogP contribution is 2.28. The molecule has 2 heterocycles. The second kappa shape index (κ2) is 10.2. The predicted molar refractivity (Wildman–Crippen MR) is 139 cm³/mol. The molecule has 194 valence electrons. The summed E-state index contributed by atoms with van der Waals surface area (Å²) >= 11 is 0. The van der Waals surface area contributed by atoms with Gasteiger partial charge in [-0.3, -0.25) is 14.4 Å². The number of hydrogen-bond donors (Lipinski definition) is 2. The first-order valence-electron chi connectivity index (χ1n) is 12.3. The molecule has 3 aromatic carbocycles. The van der Waals surface area contributed by atoms with Crippen LogP contribution in [-0.2, 0) is 22.4 Å². The number of benzodiazepines with no additional fused rings is 1. The highest BCUT2D eigenvalue weighted by molar-refractivity contribution is 6.20. The van der Waals surface area contributed by atoms with Gasteiger partial charge in [-0.15, -0.1) is 0 Å². The number of aliphatic imine (C=N–C) groups is 1. The van der Waals surface area contributed by atoms with Gasteiger partial charge in [0.05, 0.1) is 11.4 Å². The Morgan fingerprint density at radius 1 is 1.08 bits per heavy atom. The minimum absolute atomic E-state index is 0.129. The van der Waals surface area contributed by atoms with Crippen LogP contribution in [0.25, 0.3) is 0 Å². The molecule has 3 aromatic rings. The lowest BCUT2D eigenvalue weighted by Crippen LogP contribution is -2.47. The fourth-order valence-corrected chi connectivity index (χ4v) is 4.81. The van der Waals surface area contributed by atoms with Crippen molar-refractivity contribution in [3.05, 3.63) is 100 Å². The predicted octanol–water partition coefficient (Wildman–Crippen LogP) is 3.39. The van der Waals surface area contributed by atoms with E-state index in [0.29, 0.717) is 35.5 Å². The van der Waals surface area contributed by atoms with Crippen LogP contribution in [0.5, 0.6) is 0 Å². The second-order valence-corrected chi connectivity index (χ2v) is 9.53. The molecule has 9 heteroatoms. The monoisotopic (exact) mass is 516 g/mol. The fourth-order valence-electron chi connectivity index (χ4n) is 4.81. The zero-order valence-electron chi connectivity index (χ0n) is 20.9. The zero-order chi connectivity index (χ0) is 27.0. The summed E-state index contributed by atoms with van der Waals surface area (Å²) in [4.78, 5) is 45.0. The molecular formula is C29H26F2N4O3. The summed E-state index contributed by atoms with van der Waals surface area (Å²) in [5.41, 5.74) is 4.55. The first kappa shape index (κ1) is 25.3. The van der Waals surface area contributed by atoms with Crippen molar-refractivity contribution in [1.82, 2.24) is 10.6 Å². The summed E-state index contributed by atoms with van der Waals surface area (Å²) in [5, 5.41) is 5.57. The average Bonchev–Trinajstić information content (AvgIpc) is 3.01. The number of carbonyl (C=O) groups excluding carboxylic acids is 3. The van der Waals surface area contributed by atoms with Gasteiger partial charge in [0, 0.05) is 36.2 Å². The molecule has 0 unspecified atom stereocenters. The Morgan fingerprint density at radius 2 is 1.87 bits per heavy atom. The number of halogens is 2. The number of anilines is 1. The molecule has 0 bridgehead atoms. The lowest BCUT2D eigenvalue weighted by Gasteiger charge is -2.22. The molecule has 3 amide bonds. The molecule has 2 aliphatic rings. The standard InChI is InChI=1S/C29H26F2N4O3/c1-16(13-17-7-10-22(30)23(31)14-17)27(36)34-26-29(38)35(2)24-6-4-3-5-21(24)25(33-26)19-8-9-20-18(15-19)11-12-32-28(20)37/h3-10,14-16,26H,11-13H2,1-2H3,(H,32,37)(H,34,36)/t16-,26+/m0/s1. The Balaban J connectivity index is 1.48. The third-order valence-corrected chi connectivity index (χ3v) is 6.90. The Labute approximate surface area is 218 Å². The van der Waals surface area contributed by atoms with Gasteiger partial charge in [0.2, 0.25) is 12.1 Å². The van der Waals surface area contributed by atoms with Crippen LogP contribution in [0.1, 0.15) is 39.5 Å². The number of rotatable bonds is 5. The third kappa shape index (κ3) is 4.79. The summed E-state index contributed by atoms with van der Waals surface area (Å²) in [6.45, 7) is 2.18. The Morgan fingerprint density at radius 3 is 2.66 bits per heavy atom. The maximum atomic E-state index is 13.6. The van der Waals surface area contributed by atoms with Crippen LogP contribution in [0.3, 0.4) is 0 Å². The van der Waals surface area contributed by atoms with Crippen molar-refractivity contribution in [2.75, 3.05) is 18.5 Å². The van der Waals surface area contributed by atoms with Gasteiger partial charge in [-0.1, -0.05) is 37.3 Å². The van der Waals surface area contributed by atoms with Crippen molar-refractivity contribution in [2.45, 2.75) is 25.9 Å². The first-order valence-corrected chi connectivity index (χ1v) is 12.3. The SMILES string of the molecule is C[C@@H](Cc1ccc(F)c(F)c1)C(=O)N[C@H]1N=C(c2ccc3c(c2)CCNC3=O)c2ccccc2N(C)C1=O. The molecule has 0 aliphatic carbocycles. The summed E-state index contributed by atoms with van der Waals surface area (Å²) < 4.78 is 26.9. The number of amides is 3. The van der Waals surface area contributed by atoms with E-state index < -0.39 is 35.5 Å². The summed E-state index contributed by atoms with van der Waals surface area (Å²) in [6, 6.07) is 16.3.